The number of thiol groups is 1. The summed E-state index contributed by atoms with van der Waals surface area (Å²) in [6, 6.07) is 13.0. The second-order valence-electron chi connectivity index (χ2n) is 4.59. The summed E-state index contributed by atoms with van der Waals surface area (Å²) in [4.78, 5) is 9.62. The Hall–Kier alpha value is -2.78. The minimum absolute atomic E-state index is 0.461. The number of rotatable bonds is 3. The Kier molecular flexibility index (Phi) is 3.81. The van der Waals surface area contributed by atoms with Crippen molar-refractivity contribution < 1.29 is 4.74 Å². The Labute approximate surface area is 133 Å². The maximum atomic E-state index is 9.02. The quantitative estimate of drug-likeness (QED) is 0.724. The van der Waals surface area contributed by atoms with Gasteiger partial charge in [0.25, 0.3) is 0 Å². The lowest BCUT2D eigenvalue weighted by Crippen LogP contribution is -1.98. The molecule has 108 valence electrons. The molecule has 0 saturated carbocycles. The van der Waals surface area contributed by atoms with Crippen molar-refractivity contribution in [1.82, 2.24) is 9.97 Å². The molecule has 0 atom stereocenters. The van der Waals surface area contributed by atoms with Gasteiger partial charge in [-0.3, -0.25) is 0 Å². The summed E-state index contributed by atoms with van der Waals surface area (Å²) in [7, 11) is 1.55. The van der Waals surface area contributed by atoms with Crippen molar-refractivity contribution >= 4 is 35.2 Å². The molecule has 0 saturated heterocycles. The van der Waals surface area contributed by atoms with Gasteiger partial charge in [-0.15, -0.1) is 12.6 Å². The molecule has 3 rings (SSSR count). The highest BCUT2D eigenvalue weighted by Gasteiger charge is 2.08. The van der Waals surface area contributed by atoms with Gasteiger partial charge in [0.2, 0.25) is 5.95 Å². The van der Waals surface area contributed by atoms with E-state index < -0.39 is 0 Å². The molecule has 5 nitrogen and oxygen atoms in total. The smallest absolute Gasteiger partial charge is 0.227 e. The average Bonchev–Trinajstić information content (AvgIpc) is 2.56. The first-order valence-electron chi connectivity index (χ1n) is 6.50. The summed E-state index contributed by atoms with van der Waals surface area (Å²) >= 11 is 4.25. The largest absolute Gasteiger partial charge is 0.494 e. The fourth-order valence-electron chi connectivity index (χ4n) is 2.07. The van der Waals surface area contributed by atoms with Crippen molar-refractivity contribution in [3.05, 3.63) is 48.2 Å². The highest BCUT2D eigenvalue weighted by atomic mass is 32.1. The Bertz CT molecular complexity index is 872. The summed E-state index contributed by atoms with van der Waals surface area (Å²) in [5, 5.41) is 12.9. The van der Waals surface area contributed by atoms with Gasteiger partial charge in [-0.1, -0.05) is 0 Å². The van der Waals surface area contributed by atoms with Crippen LogP contribution in [0.5, 0.6) is 5.75 Å². The van der Waals surface area contributed by atoms with Gasteiger partial charge in [0.1, 0.15) is 11.3 Å². The summed E-state index contributed by atoms with van der Waals surface area (Å²) in [6.07, 6.45) is 1.67. The first kappa shape index (κ1) is 14.2. The van der Waals surface area contributed by atoms with Crippen LogP contribution in [0.4, 0.5) is 11.6 Å². The van der Waals surface area contributed by atoms with Gasteiger partial charge in [-0.2, -0.15) is 5.26 Å². The fourth-order valence-corrected chi connectivity index (χ4v) is 2.22. The van der Waals surface area contributed by atoms with Crippen LogP contribution in [0, 0.1) is 11.3 Å². The molecule has 1 N–H and O–H groups in total. The number of hydrogen-bond acceptors (Lipinski definition) is 6. The van der Waals surface area contributed by atoms with Crippen molar-refractivity contribution in [3.8, 4) is 11.8 Å². The van der Waals surface area contributed by atoms with E-state index in [-0.39, 0.29) is 0 Å². The van der Waals surface area contributed by atoms with Gasteiger partial charge in [-0.25, -0.2) is 9.97 Å². The molecule has 0 aliphatic rings. The van der Waals surface area contributed by atoms with E-state index in [9.17, 15) is 0 Å². The Balaban J connectivity index is 2.02. The molecule has 0 aliphatic heterocycles. The third-order valence-electron chi connectivity index (χ3n) is 3.12. The zero-order valence-electron chi connectivity index (χ0n) is 11.7. The van der Waals surface area contributed by atoms with E-state index in [1.807, 2.05) is 24.3 Å². The zero-order chi connectivity index (χ0) is 15.5. The van der Waals surface area contributed by atoms with Crippen molar-refractivity contribution in [1.29, 1.82) is 5.26 Å². The third kappa shape index (κ3) is 2.80. The molecule has 6 heteroatoms. The van der Waals surface area contributed by atoms with Crippen molar-refractivity contribution in [3.63, 3.8) is 0 Å². The Morgan fingerprint density at radius 3 is 2.68 bits per heavy atom. The average molecular weight is 308 g/mol. The monoisotopic (exact) mass is 308 g/mol. The number of hydrogen-bond donors (Lipinski definition) is 2. The second-order valence-corrected chi connectivity index (χ2v) is 5.11. The second kappa shape index (κ2) is 5.92. The van der Waals surface area contributed by atoms with E-state index in [0.717, 1.165) is 16.0 Å². The Morgan fingerprint density at radius 1 is 1.23 bits per heavy atom. The molecule has 0 radical (unpaired) electrons. The minimum Gasteiger partial charge on any atom is -0.494 e. The third-order valence-corrected chi connectivity index (χ3v) is 3.42. The van der Waals surface area contributed by atoms with E-state index >= 15 is 0 Å². The van der Waals surface area contributed by atoms with E-state index in [2.05, 4.69) is 34.0 Å². The summed E-state index contributed by atoms with van der Waals surface area (Å²) < 4.78 is 5.31. The van der Waals surface area contributed by atoms with Crippen LogP contribution >= 0.6 is 12.6 Å². The van der Waals surface area contributed by atoms with Crippen LogP contribution < -0.4 is 10.1 Å². The predicted octanol–water partition coefficient (Wildman–Crippen LogP) is 3.54. The molecule has 0 fully saturated rings. The number of nitrogens with one attached hydrogen (secondary N) is 1. The number of methoxy groups -OCH3 is 1. The lowest BCUT2D eigenvalue weighted by molar-refractivity contribution is 0.418. The number of anilines is 2. The number of nitrogens with zero attached hydrogens (tertiary/aromatic N) is 3. The maximum Gasteiger partial charge on any atom is 0.227 e. The van der Waals surface area contributed by atoms with E-state index in [1.54, 1.807) is 25.4 Å². The highest BCUT2D eigenvalue weighted by molar-refractivity contribution is 7.80. The standard InChI is InChI=1S/C16H12N4OS/c1-21-14-7-10(8-17)6-11-9-18-16(20-15(11)14)19-12-2-4-13(22)5-3-12/h2-7,9,22H,1H3,(H,18,19,20). The van der Waals surface area contributed by atoms with Crippen molar-refractivity contribution in [2.24, 2.45) is 0 Å². The SMILES string of the molecule is COc1cc(C#N)cc2cnc(Nc3ccc(S)cc3)nc12. The van der Waals surface area contributed by atoms with Crippen LogP contribution in [0.1, 0.15) is 5.56 Å². The van der Waals surface area contributed by atoms with Gasteiger partial charge < -0.3 is 10.1 Å². The van der Waals surface area contributed by atoms with Gasteiger partial charge in [0.05, 0.1) is 18.7 Å². The van der Waals surface area contributed by atoms with Crippen molar-refractivity contribution in [2.75, 3.05) is 12.4 Å². The first-order chi connectivity index (χ1) is 10.7. The number of aromatic nitrogens is 2. The van der Waals surface area contributed by atoms with E-state index in [0.29, 0.717) is 22.8 Å². The summed E-state index contributed by atoms with van der Waals surface area (Å²) in [5.74, 6) is 1.01. The number of nitriles is 1. The molecular formula is C16H12N4OS. The molecule has 1 heterocycles. The van der Waals surface area contributed by atoms with Crippen molar-refractivity contribution in [2.45, 2.75) is 4.90 Å². The molecule has 0 spiro atoms. The molecule has 0 aliphatic carbocycles. The lowest BCUT2D eigenvalue weighted by atomic mass is 10.1. The number of ether oxygens (including phenoxy) is 1. The van der Waals surface area contributed by atoms with Crippen LogP contribution in [0.15, 0.2) is 47.5 Å². The van der Waals surface area contributed by atoms with Crippen LogP contribution in [0.2, 0.25) is 0 Å². The summed E-state index contributed by atoms with van der Waals surface area (Å²) in [5.41, 5.74) is 2.03. The van der Waals surface area contributed by atoms with Crippen LogP contribution in [-0.2, 0) is 0 Å². The highest BCUT2D eigenvalue weighted by Crippen LogP contribution is 2.26. The molecule has 2 aromatic carbocycles. The van der Waals surface area contributed by atoms with Crippen LogP contribution in [0.3, 0.4) is 0 Å². The molecule has 1 aromatic heterocycles. The summed E-state index contributed by atoms with van der Waals surface area (Å²) in [6.45, 7) is 0. The van der Waals surface area contributed by atoms with Gasteiger partial charge in [0, 0.05) is 28.2 Å². The van der Waals surface area contributed by atoms with Gasteiger partial charge in [0.15, 0.2) is 0 Å². The first-order valence-corrected chi connectivity index (χ1v) is 6.95. The number of benzene rings is 2. The zero-order valence-corrected chi connectivity index (χ0v) is 12.6. The molecular weight excluding hydrogens is 296 g/mol. The van der Waals surface area contributed by atoms with E-state index in [1.165, 1.54) is 0 Å². The van der Waals surface area contributed by atoms with Crippen LogP contribution in [0.25, 0.3) is 10.9 Å². The molecule has 22 heavy (non-hydrogen) atoms. The topological polar surface area (TPSA) is 70.8 Å². The number of fused-ring (bicyclic) bond motifs is 1. The lowest BCUT2D eigenvalue weighted by Gasteiger charge is -2.08. The maximum absolute atomic E-state index is 9.02. The predicted molar refractivity (Wildman–Crippen MR) is 87.8 cm³/mol. The fraction of sp³-hybridized carbons (Fsp3) is 0.0625. The van der Waals surface area contributed by atoms with Gasteiger partial charge in [-0.05, 0) is 30.3 Å². The molecule has 0 unspecified atom stereocenters. The minimum atomic E-state index is 0.461. The van der Waals surface area contributed by atoms with Crippen LogP contribution in [-0.4, -0.2) is 17.1 Å². The molecule has 3 aromatic rings. The molecule has 0 bridgehead atoms. The molecule has 0 amide bonds. The Morgan fingerprint density at radius 2 is 2.00 bits per heavy atom. The van der Waals surface area contributed by atoms with Gasteiger partial charge >= 0.3 is 0 Å². The normalized spacial score (nSPS) is 10.2. The van der Waals surface area contributed by atoms with E-state index in [4.69, 9.17) is 10.00 Å².